The predicted molar refractivity (Wildman–Crippen MR) is 92.9 cm³/mol. The van der Waals surface area contributed by atoms with E-state index >= 15 is 0 Å². The van der Waals surface area contributed by atoms with Crippen molar-refractivity contribution in [1.82, 2.24) is 14.5 Å². The molecule has 1 aliphatic heterocycles. The second kappa shape index (κ2) is 7.20. The third-order valence-electron chi connectivity index (χ3n) is 4.44. The summed E-state index contributed by atoms with van der Waals surface area (Å²) in [5, 5.41) is 0.714. The summed E-state index contributed by atoms with van der Waals surface area (Å²) in [7, 11) is 0. The van der Waals surface area contributed by atoms with Crippen molar-refractivity contribution >= 4 is 23.1 Å². The molecule has 1 aromatic heterocycles. The second-order valence-electron chi connectivity index (χ2n) is 6.04. The molecule has 0 amide bonds. The van der Waals surface area contributed by atoms with E-state index in [2.05, 4.69) is 9.88 Å². The summed E-state index contributed by atoms with van der Waals surface area (Å²) < 4.78 is 2.23. The van der Waals surface area contributed by atoms with Gasteiger partial charge in [0.25, 0.3) is 5.56 Å². The van der Waals surface area contributed by atoms with E-state index in [1.54, 1.807) is 4.57 Å². The quantitative estimate of drug-likeness (QED) is 0.880. The molecule has 1 aliphatic rings. The SMILES string of the molecule is O=c1c2ccccc2[nH]c(=S)n1CCCN1CCCCCC1. The Hall–Kier alpha value is -1.46. The van der Waals surface area contributed by atoms with Crippen LogP contribution in [0.15, 0.2) is 29.1 Å². The van der Waals surface area contributed by atoms with E-state index in [1.807, 2.05) is 24.3 Å². The maximum Gasteiger partial charge on any atom is 0.262 e. The van der Waals surface area contributed by atoms with Crippen LogP contribution in [0.5, 0.6) is 0 Å². The number of rotatable bonds is 4. The molecule has 118 valence electrons. The van der Waals surface area contributed by atoms with Crippen molar-refractivity contribution in [3.05, 3.63) is 39.4 Å². The molecule has 1 fully saturated rings. The lowest BCUT2D eigenvalue weighted by atomic mass is 10.2. The van der Waals surface area contributed by atoms with E-state index in [0.717, 1.165) is 18.5 Å². The number of hydrogen-bond donors (Lipinski definition) is 1. The zero-order chi connectivity index (χ0) is 15.4. The number of likely N-dealkylation sites (tertiary alicyclic amines) is 1. The van der Waals surface area contributed by atoms with Crippen LogP contribution in [0.25, 0.3) is 10.9 Å². The summed E-state index contributed by atoms with van der Waals surface area (Å²) in [5.74, 6) is 0. The van der Waals surface area contributed by atoms with Crippen molar-refractivity contribution < 1.29 is 0 Å². The van der Waals surface area contributed by atoms with Crippen molar-refractivity contribution in [3.8, 4) is 0 Å². The largest absolute Gasteiger partial charge is 0.332 e. The Balaban J connectivity index is 1.71. The minimum atomic E-state index is 0.0233. The van der Waals surface area contributed by atoms with Crippen molar-refractivity contribution in [2.75, 3.05) is 19.6 Å². The zero-order valence-electron chi connectivity index (χ0n) is 12.9. The summed E-state index contributed by atoms with van der Waals surface area (Å²) in [6, 6.07) is 7.56. The highest BCUT2D eigenvalue weighted by molar-refractivity contribution is 7.71. The average Bonchev–Trinajstić information content (AvgIpc) is 2.79. The van der Waals surface area contributed by atoms with E-state index in [4.69, 9.17) is 12.2 Å². The van der Waals surface area contributed by atoms with Gasteiger partial charge in [-0.3, -0.25) is 9.36 Å². The summed E-state index contributed by atoms with van der Waals surface area (Å²) in [6.45, 7) is 4.13. The number of H-pyrrole nitrogens is 1. The van der Waals surface area contributed by atoms with Crippen LogP contribution < -0.4 is 5.56 Å². The molecule has 3 rings (SSSR count). The van der Waals surface area contributed by atoms with Crippen LogP contribution in [0.4, 0.5) is 0 Å². The Kier molecular flexibility index (Phi) is 5.05. The van der Waals surface area contributed by atoms with Crippen LogP contribution in [-0.2, 0) is 6.54 Å². The van der Waals surface area contributed by atoms with Gasteiger partial charge in [0.05, 0.1) is 10.9 Å². The highest BCUT2D eigenvalue weighted by Crippen LogP contribution is 2.10. The molecule has 0 aliphatic carbocycles. The maximum absolute atomic E-state index is 12.5. The van der Waals surface area contributed by atoms with Crippen LogP contribution in [0.3, 0.4) is 0 Å². The minimum absolute atomic E-state index is 0.0233. The van der Waals surface area contributed by atoms with Crippen molar-refractivity contribution in [2.24, 2.45) is 0 Å². The Morgan fingerprint density at radius 3 is 2.55 bits per heavy atom. The van der Waals surface area contributed by atoms with Gasteiger partial charge in [-0.15, -0.1) is 0 Å². The third kappa shape index (κ3) is 3.47. The lowest BCUT2D eigenvalue weighted by Gasteiger charge is -2.19. The average molecular weight is 317 g/mol. The smallest absolute Gasteiger partial charge is 0.262 e. The fourth-order valence-corrected chi connectivity index (χ4v) is 3.50. The fraction of sp³-hybridized carbons (Fsp3) is 0.529. The van der Waals surface area contributed by atoms with Crippen LogP contribution in [-0.4, -0.2) is 34.1 Å². The standard InChI is InChI=1S/C17H23N3OS/c21-16-14-8-3-4-9-15(14)18-17(22)20(16)13-7-12-19-10-5-1-2-6-11-19/h3-4,8-9H,1-2,5-7,10-13H2,(H,18,22). The van der Waals surface area contributed by atoms with Crippen molar-refractivity contribution in [1.29, 1.82) is 0 Å². The van der Waals surface area contributed by atoms with Crippen LogP contribution in [0.1, 0.15) is 32.1 Å². The molecule has 2 heterocycles. The summed E-state index contributed by atoms with van der Waals surface area (Å²) in [4.78, 5) is 18.2. The molecule has 22 heavy (non-hydrogen) atoms. The van der Waals surface area contributed by atoms with E-state index < -0.39 is 0 Å². The lowest BCUT2D eigenvalue weighted by molar-refractivity contribution is 0.275. The molecular weight excluding hydrogens is 294 g/mol. The number of fused-ring (bicyclic) bond motifs is 1. The fourth-order valence-electron chi connectivity index (χ4n) is 3.21. The Morgan fingerprint density at radius 2 is 1.77 bits per heavy atom. The first-order valence-corrected chi connectivity index (χ1v) is 8.61. The van der Waals surface area contributed by atoms with Gasteiger partial charge in [-0.2, -0.15) is 0 Å². The number of benzene rings is 1. The highest BCUT2D eigenvalue weighted by atomic mass is 32.1. The molecule has 0 unspecified atom stereocenters. The summed E-state index contributed by atoms with van der Waals surface area (Å²) >= 11 is 5.35. The van der Waals surface area contributed by atoms with Gasteiger partial charge in [-0.1, -0.05) is 25.0 Å². The Bertz CT molecular complexity index is 741. The van der Waals surface area contributed by atoms with E-state index in [-0.39, 0.29) is 5.56 Å². The molecule has 0 saturated carbocycles. The molecule has 0 bridgehead atoms. The van der Waals surface area contributed by atoms with Gasteiger partial charge >= 0.3 is 0 Å². The first kappa shape index (κ1) is 15.4. The lowest BCUT2D eigenvalue weighted by Crippen LogP contribution is -2.28. The summed E-state index contributed by atoms with van der Waals surface area (Å²) in [5.41, 5.74) is 0.844. The molecule has 0 radical (unpaired) electrons. The molecule has 0 atom stereocenters. The number of nitrogens with zero attached hydrogens (tertiary/aromatic N) is 2. The van der Waals surface area contributed by atoms with E-state index in [1.165, 1.54) is 38.8 Å². The van der Waals surface area contributed by atoms with Crippen molar-refractivity contribution in [3.63, 3.8) is 0 Å². The second-order valence-corrected chi connectivity index (χ2v) is 6.43. The van der Waals surface area contributed by atoms with E-state index in [0.29, 0.717) is 16.7 Å². The molecule has 1 N–H and O–H groups in total. The predicted octanol–water partition coefficient (Wildman–Crippen LogP) is 3.33. The molecule has 0 spiro atoms. The number of aromatic amines is 1. The zero-order valence-corrected chi connectivity index (χ0v) is 13.7. The Labute approximate surface area is 135 Å². The van der Waals surface area contributed by atoms with Gasteiger partial charge < -0.3 is 9.88 Å². The number of nitrogens with one attached hydrogen (secondary N) is 1. The van der Waals surface area contributed by atoms with Crippen LogP contribution >= 0.6 is 12.2 Å². The number of para-hydroxylation sites is 1. The monoisotopic (exact) mass is 317 g/mol. The van der Waals surface area contributed by atoms with Crippen LogP contribution in [0.2, 0.25) is 0 Å². The molecule has 1 saturated heterocycles. The topological polar surface area (TPSA) is 41.0 Å². The first-order valence-electron chi connectivity index (χ1n) is 8.20. The first-order chi connectivity index (χ1) is 10.8. The van der Waals surface area contributed by atoms with Gasteiger partial charge in [0, 0.05) is 6.54 Å². The molecule has 4 nitrogen and oxygen atoms in total. The third-order valence-corrected chi connectivity index (χ3v) is 4.77. The minimum Gasteiger partial charge on any atom is -0.332 e. The normalized spacial score (nSPS) is 16.7. The molecule has 5 heteroatoms. The van der Waals surface area contributed by atoms with Crippen LogP contribution in [0, 0.1) is 4.77 Å². The summed E-state index contributed by atoms with van der Waals surface area (Å²) in [6.07, 6.45) is 6.28. The van der Waals surface area contributed by atoms with Gasteiger partial charge in [-0.25, -0.2) is 0 Å². The van der Waals surface area contributed by atoms with Gasteiger partial charge in [-0.05, 0) is 63.2 Å². The van der Waals surface area contributed by atoms with Gasteiger partial charge in [0.1, 0.15) is 0 Å². The highest BCUT2D eigenvalue weighted by Gasteiger charge is 2.09. The maximum atomic E-state index is 12.5. The van der Waals surface area contributed by atoms with Gasteiger partial charge in [0.2, 0.25) is 0 Å². The number of hydrogen-bond acceptors (Lipinski definition) is 3. The molecular formula is C17H23N3OS. The Morgan fingerprint density at radius 1 is 1.05 bits per heavy atom. The van der Waals surface area contributed by atoms with Crippen molar-refractivity contribution in [2.45, 2.75) is 38.6 Å². The van der Waals surface area contributed by atoms with E-state index in [9.17, 15) is 4.79 Å². The molecule has 1 aromatic carbocycles. The van der Waals surface area contributed by atoms with Gasteiger partial charge in [0.15, 0.2) is 4.77 Å². The number of aromatic nitrogens is 2. The molecule has 2 aromatic rings.